The summed E-state index contributed by atoms with van der Waals surface area (Å²) >= 11 is 0. The Hall–Kier alpha value is -2.08. The summed E-state index contributed by atoms with van der Waals surface area (Å²) in [6.07, 6.45) is 1.54. The zero-order chi connectivity index (χ0) is 20.4. The van der Waals surface area contributed by atoms with Gasteiger partial charge in [-0.3, -0.25) is 9.69 Å². The number of hydrogen-bond donors (Lipinski definition) is 2. The molecule has 0 radical (unpaired) electrons. The van der Waals surface area contributed by atoms with Crippen LogP contribution >= 0.6 is 0 Å². The van der Waals surface area contributed by atoms with E-state index >= 15 is 0 Å². The van der Waals surface area contributed by atoms with Crippen LogP contribution in [0.4, 0.5) is 0 Å². The molecular formula is C22H37N5O. The van der Waals surface area contributed by atoms with E-state index in [0.717, 1.165) is 51.6 Å². The van der Waals surface area contributed by atoms with Crippen LogP contribution in [0.25, 0.3) is 0 Å². The largest absolute Gasteiger partial charge is 0.357 e. The molecule has 0 saturated carbocycles. The molecule has 0 aromatic heterocycles. The summed E-state index contributed by atoms with van der Waals surface area (Å²) in [4.78, 5) is 21.1. The van der Waals surface area contributed by atoms with Crippen LogP contribution in [-0.4, -0.2) is 60.4 Å². The van der Waals surface area contributed by atoms with Gasteiger partial charge >= 0.3 is 0 Å². The van der Waals surface area contributed by atoms with Crippen LogP contribution in [-0.2, 0) is 17.9 Å². The molecule has 6 heteroatoms. The van der Waals surface area contributed by atoms with Crippen molar-refractivity contribution in [2.45, 2.75) is 59.7 Å². The molecule has 28 heavy (non-hydrogen) atoms. The number of nitrogens with one attached hydrogen (secondary N) is 2. The number of likely N-dealkylation sites (tertiary alicyclic amines) is 1. The molecule has 1 unspecified atom stereocenters. The van der Waals surface area contributed by atoms with Crippen LogP contribution < -0.4 is 10.6 Å². The highest BCUT2D eigenvalue weighted by atomic mass is 16.2. The Morgan fingerprint density at radius 2 is 1.89 bits per heavy atom. The maximum Gasteiger partial charge on any atom is 0.222 e. The molecule has 0 bridgehead atoms. The lowest BCUT2D eigenvalue weighted by atomic mass is 10.1. The predicted molar refractivity (Wildman–Crippen MR) is 116 cm³/mol. The Kier molecular flexibility index (Phi) is 9.28. The lowest BCUT2D eigenvalue weighted by molar-refractivity contribution is -0.129. The van der Waals surface area contributed by atoms with E-state index in [1.807, 2.05) is 11.8 Å². The van der Waals surface area contributed by atoms with E-state index in [0.29, 0.717) is 13.0 Å². The minimum absolute atomic E-state index is 0.233. The van der Waals surface area contributed by atoms with Gasteiger partial charge in [-0.1, -0.05) is 45.0 Å². The van der Waals surface area contributed by atoms with E-state index in [1.165, 1.54) is 11.1 Å². The first-order chi connectivity index (χ1) is 13.6. The van der Waals surface area contributed by atoms with Gasteiger partial charge in [-0.05, 0) is 37.6 Å². The molecule has 1 aromatic rings. The zero-order valence-electron chi connectivity index (χ0n) is 18.0. The highest BCUT2D eigenvalue weighted by molar-refractivity contribution is 5.80. The van der Waals surface area contributed by atoms with Gasteiger partial charge in [0.05, 0.1) is 6.54 Å². The van der Waals surface area contributed by atoms with Gasteiger partial charge in [0.15, 0.2) is 5.96 Å². The smallest absolute Gasteiger partial charge is 0.222 e. The Balaban J connectivity index is 2.02. The summed E-state index contributed by atoms with van der Waals surface area (Å²) in [7, 11) is 0. The molecule has 1 atom stereocenters. The summed E-state index contributed by atoms with van der Waals surface area (Å²) in [5.74, 6) is 1.06. The van der Waals surface area contributed by atoms with Crippen molar-refractivity contribution in [1.29, 1.82) is 0 Å². The number of guanidine groups is 1. The van der Waals surface area contributed by atoms with Gasteiger partial charge in [0, 0.05) is 38.6 Å². The molecule has 1 aromatic carbocycles. The van der Waals surface area contributed by atoms with Crippen LogP contribution in [0, 0.1) is 0 Å². The molecule has 1 amide bonds. The van der Waals surface area contributed by atoms with Crippen LogP contribution in [0.3, 0.4) is 0 Å². The van der Waals surface area contributed by atoms with Crippen LogP contribution in [0.15, 0.2) is 29.3 Å². The van der Waals surface area contributed by atoms with E-state index in [4.69, 9.17) is 4.99 Å². The maximum atomic E-state index is 11.9. The average Bonchev–Trinajstić information content (AvgIpc) is 3.19. The first-order valence-electron chi connectivity index (χ1n) is 10.7. The quantitative estimate of drug-likeness (QED) is 0.505. The second-order valence-electron chi connectivity index (χ2n) is 7.25. The van der Waals surface area contributed by atoms with Crippen molar-refractivity contribution < 1.29 is 4.79 Å². The molecule has 1 aliphatic heterocycles. The molecule has 156 valence electrons. The number of hydrogen-bond acceptors (Lipinski definition) is 3. The zero-order valence-corrected chi connectivity index (χ0v) is 18.0. The van der Waals surface area contributed by atoms with Crippen LogP contribution in [0.1, 0.15) is 51.7 Å². The van der Waals surface area contributed by atoms with Crippen molar-refractivity contribution in [2.75, 3.05) is 32.7 Å². The number of aliphatic imine (C=N–C) groups is 1. The fraction of sp³-hybridized carbons (Fsp3) is 0.636. The minimum Gasteiger partial charge on any atom is -0.357 e. The average molecular weight is 388 g/mol. The SMILES string of the molecule is CCNC(=NCc1ccccc1CN(CC)CC)NC1CCN(C(=O)CC)C1. The topological polar surface area (TPSA) is 60.0 Å². The van der Waals surface area contributed by atoms with Crippen molar-refractivity contribution in [2.24, 2.45) is 4.99 Å². The van der Waals surface area contributed by atoms with E-state index in [-0.39, 0.29) is 11.9 Å². The predicted octanol–water partition coefficient (Wildman–Crippen LogP) is 2.59. The Labute approximate surface area is 170 Å². The molecular weight excluding hydrogens is 350 g/mol. The first kappa shape index (κ1) is 22.2. The normalized spacial score (nSPS) is 17.2. The van der Waals surface area contributed by atoms with Gasteiger partial charge in [0.25, 0.3) is 0 Å². The van der Waals surface area contributed by atoms with Gasteiger partial charge in [-0.15, -0.1) is 0 Å². The van der Waals surface area contributed by atoms with Gasteiger partial charge in [-0.2, -0.15) is 0 Å². The maximum absolute atomic E-state index is 11.9. The Morgan fingerprint density at radius 1 is 1.18 bits per heavy atom. The second-order valence-corrected chi connectivity index (χ2v) is 7.25. The highest BCUT2D eigenvalue weighted by Gasteiger charge is 2.25. The third-order valence-corrected chi connectivity index (χ3v) is 5.34. The molecule has 6 nitrogen and oxygen atoms in total. The summed E-state index contributed by atoms with van der Waals surface area (Å²) in [5, 5.41) is 6.86. The summed E-state index contributed by atoms with van der Waals surface area (Å²) in [5.41, 5.74) is 2.60. The van der Waals surface area contributed by atoms with Gasteiger partial charge in [0.2, 0.25) is 5.91 Å². The lowest BCUT2D eigenvalue weighted by Gasteiger charge is -2.20. The lowest BCUT2D eigenvalue weighted by Crippen LogP contribution is -2.45. The molecule has 1 saturated heterocycles. The van der Waals surface area contributed by atoms with Gasteiger partial charge in [-0.25, -0.2) is 4.99 Å². The Morgan fingerprint density at radius 3 is 2.54 bits per heavy atom. The molecule has 1 heterocycles. The molecule has 2 N–H and O–H groups in total. The molecule has 0 aliphatic carbocycles. The van der Waals surface area contributed by atoms with Crippen molar-refractivity contribution in [1.82, 2.24) is 20.4 Å². The first-order valence-corrected chi connectivity index (χ1v) is 10.7. The fourth-order valence-electron chi connectivity index (χ4n) is 3.56. The summed E-state index contributed by atoms with van der Waals surface area (Å²) in [6, 6.07) is 8.83. The van der Waals surface area contributed by atoms with Crippen LogP contribution in [0.2, 0.25) is 0 Å². The summed E-state index contributed by atoms with van der Waals surface area (Å²) < 4.78 is 0. The van der Waals surface area contributed by atoms with Crippen molar-refractivity contribution >= 4 is 11.9 Å². The third-order valence-electron chi connectivity index (χ3n) is 5.34. The molecule has 2 rings (SSSR count). The number of amides is 1. The number of carbonyl (C=O) groups is 1. The van der Waals surface area contributed by atoms with E-state index < -0.39 is 0 Å². The van der Waals surface area contributed by atoms with Crippen molar-refractivity contribution in [3.63, 3.8) is 0 Å². The van der Waals surface area contributed by atoms with Crippen molar-refractivity contribution in [3.8, 4) is 0 Å². The number of carbonyl (C=O) groups excluding carboxylic acids is 1. The number of nitrogens with zero attached hydrogens (tertiary/aromatic N) is 3. The molecule has 1 aliphatic rings. The number of rotatable bonds is 9. The fourth-order valence-corrected chi connectivity index (χ4v) is 3.56. The minimum atomic E-state index is 0.233. The van der Waals surface area contributed by atoms with E-state index in [9.17, 15) is 4.79 Å². The molecule has 1 fully saturated rings. The van der Waals surface area contributed by atoms with E-state index in [1.54, 1.807) is 0 Å². The second kappa shape index (κ2) is 11.7. The monoisotopic (exact) mass is 387 g/mol. The third kappa shape index (κ3) is 6.51. The van der Waals surface area contributed by atoms with Crippen LogP contribution in [0.5, 0.6) is 0 Å². The van der Waals surface area contributed by atoms with Gasteiger partial charge in [0.1, 0.15) is 0 Å². The number of benzene rings is 1. The standard InChI is InChI=1S/C22H37N5O/c1-5-21(28)27-14-13-20(17-27)25-22(23-6-2)24-15-18-11-9-10-12-19(18)16-26(7-3)8-4/h9-12,20H,5-8,13-17H2,1-4H3,(H2,23,24,25). The highest BCUT2D eigenvalue weighted by Crippen LogP contribution is 2.14. The van der Waals surface area contributed by atoms with Gasteiger partial charge < -0.3 is 15.5 Å². The summed E-state index contributed by atoms with van der Waals surface area (Å²) in [6.45, 7) is 14.5. The van der Waals surface area contributed by atoms with Crippen molar-refractivity contribution in [3.05, 3.63) is 35.4 Å². The molecule has 0 spiro atoms. The Bertz CT molecular complexity index is 642. The van der Waals surface area contributed by atoms with E-state index in [2.05, 4.69) is 60.6 Å².